The van der Waals surface area contributed by atoms with Crippen molar-refractivity contribution >= 4 is 43.5 Å². The largest absolute Gasteiger partial charge is 0.495 e. The van der Waals surface area contributed by atoms with Gasteiger partial charge in [-0.15, -0.1) is 5.10 Å². The maximum Gasteiger partial charge on any atom is 0.246 e. The molecule has 0 aliphatic rings. The Balaban J connectivity index is 2.12. The zero-order valence-corrected chi connectivity index (χ0v) is 14.0. The van der Waals surface area contributed by atoms with E-state index in [9.17, 15) is 4.79 Å². The molecule has 0 spiro atoms. The summed E-state index contributed by atoms with van der Waals surface area (Å²) in [5.74, 6) is 0.398. The summed E-state index contributed by atoms with van der Waals surface area (Å²) in [4.78, 5) is 16.0. The summed E-state index contributed by atoms with van der Waals surface area (Å²) < 4.78 is 7.56. The number of nitrogens with zero attached hydrogens (tertiary/aromatic N) is 3. The summed E-state index contributed by atoms with van der Waals surface area (Å²) in [5, 5.41) is 6.83. The van der Waals surface area contributed by atoms with E-state index in [1.807, 2.05) is 25.1 Å². The SMILES string of the molecule is COc1ccc(C)cc1NC(=O)Cn1nc(Br)nc1Br. The van der Waals surface area contributed by atoms with Crippen molar-refractivity contribution in [3.05, 3.63) is 33.2 Å². The molecule has 0 aliphatic heterocycles. The molecular formula is C12H12Br2N4O2. The van der Waals surface area contributed by atoms with Gasteiger partial charge in [0.1, 0.15) is 12.3 Å². The molecule has 0 radical (unpaired) electrons. The Morgan fingerprint density at radius 2 is 2.20 bits per heavy atom. The lowest BCUT2D eigenvalue weighted by molar-refractivity contribution is -0.117. The lowest BCUT2D eigenvalue weighted by Crippen LogP contribution is -2.20. The molecule has 0 bridgehead atoms. The fourth-order valence-electron chi connectivity index (χ4n) is 1.64. The molecule has 20 heavy (non-hydrogen) atoms. The highest BCUT2D eigenvalue weighted by atomic mass is 79.9. The fourth-order valence-corrected chi connectivity index (χ4v) is 2.61. The van der Waals surface area contributed by atoms with Crippen LogP contribution in [-0.2, 0) is 11.3 Å². The van der Waals surface area contributed by atoms with Crippen LogP contribution < -0.4 is 10.1 Å². The number of hydrogen-bond donors (Lipinski definition) is 1. The molecule has 1 N–H and O–H groups in total. The van der Waals surface area contributed by atoms with Crippen molar-refractivity contribution in [3.8, 4) is 5.75 Å². The number of anilines is 1. The van der Waals surface area contributed by atoms with Gasteiger partial charge >= 0.3 is 0 Å². The molecule has 106 valence electrons. The van der Waals surface area contributed by atoms with Crippen LogP contribution in [0.2, 0.25) is 0 Å². The summed E-state index contributed by atoms with van der Waals surface area (Å²) in [6, 6.07) is 5.58. The molecule has 0 aliphatic carbocycles. The van der Waals surface area contributed by atoms with Gasteiger partial charge in [0.05, 0.1) is 12.8 Å². The van der Waals surface area contributed by atoms with Crippen LogP contribution in [-0.4, -0.2) is 27.8 Å². The van der Waals surface area contributed by atoms with E-state index in [4.69, 9.17) is 4.74 Å². The molecular weight excluding hydrogens is 392 g/mol. The Bertz CT molecular complexity index is 642. The van der Waals surface area contributed by atoms with Gasteiger partial charge < -0.3 is 10.1 Å². The number of aromatic nitrogens is 3. The molecule has 2 rings (SSSR count). The molecule has 1 aromatic heterocycles. The Kier molecular flexibility index (Phi) is 4.77. The van der Waals surface area contributed by atoms with Gasteiger partial charge in [0.25, 0.3) is 0 Å². The molecule has 1 amide bonds. The van der Waals surface area contributed by atoms with E-state index in [0.717, 1.165) is 5.56 Å². The zero-order chi connectivity index (χ0) is 14.7. The predicted octanol–water partition coefficient (Wildman–Crippen LogP) is 2.76. The van der Waals surface area contributed by atoms with Crippen LogP contribution in [0, 0.1) is 6.92 Å². The van der Waals surface area contributed by atoms with Crippen LogP contribution in [0.15, 0.2) is 27.7 Å². The molecule has 8 heteroatoms. The lowest BCUT2D eigenvalue weighted by atomic mass is 10.2. The van der Waals surface area contributed by atoms with Gasteiger partial charge in [-0.05, 0) is 56.5 Å². The van der Waals surface area contributed by atoms with Crippen LogP contribution in [0.4, 0.5) is 5.69 Å². The minimum Gasteiger partial charge on any atom is -0.495 e. The van der Waals surface area contributed by atoms with Crippen molar-refractivity contribution in [2.45, 2.75) is 13.5 Å². The van der Waals surface area contributed by atoms with Crippen molar-refractivity contribution in [3.63, 3.8) is 0 Å². The number of amides is 1. The number of halogens is 2. The van der Waals surface area contributed by atoms with Crippen molar-refractivity contribution in [2.24, 2.45) is 0 Å². The van der Waals surface area contributed by atoms with Crippen LogP contribution in [0.1, 0.15) is 5.56 Å². The summed E-state index contributed by atoms with van der Waals surface area (Å²) in [6.45, 7) is 2.00. The standard InChI is InChI=1S/C12H12Br2N4O2/c1-7-3-4-9(20-2)8(5-7)15-10(19)6-18-12(14)16-11(13)17-18/h3-5H,6H2,1-2H3,(H,15,19). The third-order valence-electron chi connectivity index (χ3n) is 2.52. The fraction of sp³-hybridized carbons (Fsp3) is 0.250. The number of rotatable bonds is 4. The Hall–Kier alpha value is -1.41. The quantitative estimate of drug-likeness (QED) is 0.852. The molecule has 0 atom stereocenters. The zero-order valence-electron chi connectivity index (χ0n) is 10.9. The molecule has 2 aromatic rings. The first-order valence-corrected chi connectivity index (χ1v) is 7.28. The lowest BCUT2D eigenvalue weighted by Gasteiger charge is -2.11. The van der Waals surface area contributed by atoms with Gasteiger partial charge in [-0.1, -0.05) is 6.07 Å². The number of hydrogen-bond acceptors (Lipinski definition) is 4. The van der Waals surface area contributed by atoms with Crippen molar-refractivity contribution in [1.82, 2.24) is 14.8 Å². The second-order valence-corrected chi connectivity index (χ2v) is 5.48. The maximum atomic E-state index is 12.0. The van der Waals surface area contributed by atoms with Crippen LogP contribution in [0.3, 0.4) is 0 Å². The molecule has 0 unspecified atom stereocenters. The minimum absolute atomic E-state index is 0.0519. The second-order valence-electron chi connectivity index (χ2n) is 4.06. The van der Waals surface area contributed by atoms with Crippen molar-refractivity contribution in [2.75, 3.05) is 12.4 Å². The minimum atomic E-state index is -0.216. The molecule has 0 saturated carbocycles. The molecule has 0 saturated heterocycles. The Morgan fingerprint density at radius 1 is 1.45 bits per heavy atom. The number of carbonyl (C=O) groups excluding carboxylic acids is 1. The van der Waals surface area contributed by atoms with E-state index in [1.54, 1.807) is 7.11 Å². The Labute approximate surface area is 132 Å². The van der Waals surface area contributed by atoms with Gasteiger partial charge in [0.2, 0.25) is 10.6 Å². The normalized spacial score (nSPS) is 10.4. The molecule has 1 heterocycles. The van der Waals surface area contributed by atoms with Crippen molar-refractivity contribution in [1.29, 1.82) is 0 Å². The van der Waals surface area contributed by atoms with Gasteiger partial charge in [0.15, 0.2) is 4.73 Å². The highest BCUT2D eigenvalue weighted by molar-refractivity contribution is 9.11. The Morgan fingerprint density at radius 3 is 2.80 bits per heavy atom. The smallest absolute Gasteiger partial charge is 0.246 e. The average Bonchev–Trinajstić information content (AvgIpc) is 2.68. The van der Waals surface area contributed by atoms with Crippen LogP contribution in [0.5, 0.6) is 5.75 Å². The summed E-state index contributed by atoms with van der Waals surface area (Å²) in [5.41, 5.74) is 1.67. The summed E-state index contributed by atoms with van der Waals surface area (Å²) >= 11 is 6.37. The first-order valence-electron chi connectivity index (χ1n) is 5.70. The number of aryl methyl sites for hydroxylation is 1. The number of methoxy groups -OCH3 is 1. The molecule has 1 aromatic carbocycles. The first kappa shape index (κ1) is 15.0. The van der Waals surface area contributed by atoms with E-state index in [-0.39, 0.29) is 12.5 Å². The van der Waals surface area contributed by atoms with E-state index >= 15 is 0 Å². The number of carbonyl (C=O) groups is 1. The average molecular weight is 404 g/mol. The number of ether oxygens (including phenoxy) is 1. The highest BCUT2D eigenvalue weighted by Crippen LogP contribution is 2.25. The predicted molar refractivity (Wildman–Crippen MR) is 81.8 cm³/mol. The number of benzene rings is 1. The van der Waals surface area contributed by atoms with Crippen LogP contribution >= 0.6 is 31.9 Å². The first-order chi connectivity index (χ1) is 9.49. The van der Waals surface area contributed by atoms with Crippen LogP contribution in [0.25, 0.3) is 0 Å². The third-order valence-corrected chi connectivity index (χ3v) is 3.45. The van der Waals surface area contributed by atoms with Crippen molar-refractivity contribution < 1.29 is 9.53 Å². The van der Waals surface area contributed by atoms with Gasteiger partial charge in [-0.25, -0.2) is 4.68 Å². The highest BCUT2D eigenvalue weighted by Gasteiger charge is 2.12. The topological polar surface area (TPSA) is 69.0 Å². The van der Waals surface area contributed by atoms with E-state index in [1.165, 1.54) is 4.68 Å². The second kappa shape index (κ2) is 6.36. The summed E-state index contributed by atoms with van der Waals surface area (Å²) in [6.07, 6.45) is 0. The summed E-state index contributed by atoms with van der Waals surface area (Å²) in [7, 11) is 1.56. The molecule has 6 nitrogen and oxygen atoms in total. The van der Waals surface area contributed by atoms with Gasteiger partial charge in [-0.3, -0.25) is 4.79 Å². The van der Waals surface area contributed by atoms with Gasteiger partial charge in [-0.2, -0.15) is 4.98 Å². The van der Waals surface area contributed by atoms with Gasteiger partial charge in [0, 0.05) is 0 Å². The monoisotopic (exact) mass is 402 g/mol. The van der Waals surface area contributed by atoms with E-state index in [0.29, 0.717) is 20.9 Å². The number of nitrogens with one attached hydrogen (secondary N) is 1. The third kappa shape index (κ3) is 3.57. The van der Waals surface area contributed by atoms with E-state index in [2.05, 4.69) is 47.3 Å². The maximum absolute atomic E-state index is 12.0. The van der Waals surface area contributed by atoms with E-state index < -0.39 is 0 Å². The molecule has 0 fully saturated rings.